The summed E-state index contributed by atoms with van der Waals surface area (Å²) in [5.41, 5.74) is 3.26. The third-order valence-electron chi connectivity index (χ3n) is 5.32. The normalized spacial score (nSPS) is 19.1. The van der Waals surface area contributed by atoms with Crippen LogP contribution in [0.3, 0.4) is 0 Å². The summed E-state index contributed by atoms with van der Waals surface area (Å²) in [4.78, 5) is 27.9. The molecule has 8 nitrogen and oxygen atoms in total. The minimum atomic E-state index is -5.08. The Morgan fingerprint density at radius 3 is 2.52 bits per heavy atom. The van der Waals surface area contributed by atoms with Crippen LogP contribution in [0.5, 0.6) is 0 Å². The van der Waals surface area contributed by atoms with Gasteiger partial charge in [-0.3, -0.25) is 9.78 Å². The summed E-state index contributed by atoms with van der Waals surface area (Å²) in [7, 11) is 0. The van der Waals surface area contributed by atoms with Crippen LogP contribution in [0.4, 0.5) is 13.2 Å². The number of hydrogen-bond donors (Lipinski definition) is 1. The minimum Gasteiger partial charge on any atom is -0.475 e. The van der Waals surface area contributed by atoms with Crippen LogP contribution in [0.1, 0.15) is 39.6 Å². The standard InChI is InChI=1S/C19H23N3O3S.C2HF3O2/c1-12-5-4-6-15(20-12)8-24-16-7-19(26-9-16)10-22(11-19)18(23)17-13(2)21-25-14(17)3;3-2(4,5)1(6)7/h4-6,16H,7-11H2,1-3H3;(H,6,7). The Bertz CT molecular complexity index is 1000. The number of aliphatic carboxylic acids is 1. The minimum absolute atomic E-state index is 0.0285. The summed E-state index contributed by atoms with van der Waals surface area (Å²) in [6.07, 6.45) is -3.88. The Labute approximate surface area is 192 Å². The van der Waals surface area contributed by atoms with Crippen molar-refractivity contribution in [3.8, 4) is 0 Å². The third-order valence-corrected chi connectivity index (χ3v) is 6.90. The first-order valence-electron chi connectivity index (χ1n) is 10.1. The summed E-state index contributed by atoms with van der Waals surface area (Å²) >= 11 is 1.93. The molecule has 0 radical (unpaired) electrons. The molecule has 2 aromatic heterocycles. The van der Waals surface area contributed by atoms with Crippen LogP contribution < -0.4 is 0 Å². The monoisotopic (exact) mass is 487 g/mol. The number of carboxylic acids is 1. The lowest BCUT2D eigenvalue weighted by Crippen LogP contribution is -2.60. The van der Waals surface area contributed by atoms with Gasteiger partial charge in [-0.2, -0.15) is 13.2 Å². The first-order chi connectivity index (χ1) is 15.4. The molecular formula is C21H24F3N3O5S. The maximum Gasteiger partial charge on any atom is 0.490 e. The van der Waals surface area contributed by atoms with Crippen molar-refractivity contribution < 1.29 is 37.1 Å². The number of likely N-dealkylation sites (tertiary alicyclic amines) is 1. The van der Waals surface area contributed by atoms with Crippen LogP contribution >= 0.6 is 11.8 Å². The molecule has 1 spiro atoms. The molecule has 2 aliphatic heterocycles. The van der Waals surface area contributed by atoms with Gasteiger partial charge in [-0.15, -0.1) is 11.8 Å². The SMILES string of the molecule is Cc1cccc(COC2CSC3(C2)CN(C(=O)c2c(C)noc2C)C3)n1.O=C(O)C(F)(F)F. The summed E-state index contributed by atoms with van der Waals surface area (Å²) < 4.78 is 43.1. The van der Waals surface area contributed by atoms with Crippen LogP contribution in [0.25, 0.3) is 0 Å². The van der Waals surface area contributed by atoms with E-state index < -0.39 is 12.1 Å². The molecule has 0 aliphatic carbocycles. The topological polar surface area (TPSA) is 106 Å². The summed E-state index contributed by atoms with van der Waals surface area (Å²) in [6.45, 7) is 7.67. The van der Waals surface area contributed by atoms with Crippen LogP contribution in [0.2, 0.25) is 0 Å². The van der Waals surface area contributed by atoms with E-state index in [0.29, 0.717) is 23.6 Å². The van der Waals surface area contributed by atoms with Crippen LogP contribution in [0.15, 0.2) is 22.7 Å². The predicted octanol–water partition coefficient (Wildman–Crippen LogP) is 3.55. The number of thioether (sulfide) groups is 1. The van der Waals surface area contributed by atoms with Gasteiger partial charge in [0.15, 0.2) is 0 Å². The van der Waals surface area contributed by atoms with Gasteiger partial charge in [-0.05, 0) is 39.3 Å². The number of halogens is 3. The van der Waals surface area contributed by atoms with E-state index in [0.717, 1.165) is 36.7 Å². The first-order valence-corrected chi connectivity index (χ1v) is 11.1. The van der Waals surface area contributed by atoms with Crippen molar-refractivity contribution >= 4 is 23.6 Å². The second kappa shape index (κ2) is 9.72. The highest BCUT2D eigenvalue weighted by atomic mass is 32.2. The molecule has 180 valence electrons. The van der Waals surface area contributed by atoms with E-state index in [-0.39, 0.29) is 16.8 Å². The van der Waals surface area contributed by atoms with Gasteiger partial charge in [0.05, 0.1) is 28.8 Å². The number of ether oxygens (including phenoxy) is 1. The molecule has 4 heterocycles. The fourth-order valence-electron chi connectivity index (χ4n) is 3.75. The van der Waals surface area contributed by atoms with E-state index in [2.05, 4.69) is 10.1 Å². The molecule has 2 saturated heterocycles. The molecule has 4 rings (SSSR count). The number of nitrogens with zero attached hydrogens (tertiary/aromatic N) is 3. The number of carboxylic acid groups (broad SMARTS) is 1. The Hall–Kier alpha value is -2.60. The fourth-order valence-corrected chi connectivity index (χ4v) is 5.30. The lowest BCUT2D eigenvalue weighted by Gasteiger charge is -2.47. The van der Waals surface area contributed by atoms with Crippen molar-refractivity contribution in [1.29, 1.82) is 0 Å². The van der Waals surface area contributed by atoms with E-state index in [1.165, 1.54) is 0 Å². The average molecular weight is 488 g/mol. The molecular weight excluding hydrogens is 463 g/mol. The highest BCUT2D eigenvalue weighted by Gasteiger charge is 2.51. The Morgan fingerprint density at radius 1 is 1.30 bits per heavy atom. The van der Waals surface area contributed by atoms with Gasteiger partial charge >= 0.3 is 12.1 Å². The number of amides is 1. The number of carbonyl (C=O) groups excluding carboxylic acids is 1. The van der Waals surface area contributed by atoms with Crippen molar-refractivity contribution in [2.75, 3.05) is 18.8 Å². The van der Waals surface area contributed by atoms with E-state index in [1.807, 2.05) is 48.7 Å². The molecule has 2 aliphatic rings. The van der Waals surface area contributed by atoms with Crippen LogP contribution in [-0.4, -0.2) is 67.9 Å². The molecule has 1 N–H and O–H groups in total. The predicted molar refractivity (Wildman–Crippen MR) is 113 cm³/mol. The average Bonchev–Trinajstić information content (AvgIpc) is 3.28. The van der Waals surface area contributed by atoms with Crippen molar-refractivity contribution in [3.05, 3.63) is 46.6 Å². The number of pyridine rings is 1. The van der Waals surface area contributed by atoms with E-state index in [9.17, 15) is 18.0 Å². The van der Waals surface area contributed by atoms with Gasteiger partial charge < -0.3 is 19.3 Å². The Kier molecular flexibility index (Phi) is 7.37. The number of aryl methyl sites for hydroxylation is 3. The molecule has 2 fully saturated rings. The molecule has 1 amide bonds. The highest BCUT2D eigenvalue weighted by Crippen LogP contribution is 2.46. The van der Waals surface area contributed by atoms with Gasteiger partial charge in [0.1, 0.15) is 11.3 Å². The van der Waals surface area contributed by atoms with Crippen molar-refractivity contribution in [1.82, 2.24) is 15.0 Å². The van der Waals surface area contributed by atoms with Crippen molar-refractivity contribution in [2.45, 2.75) is 50.8 Å². The second-order valence-corrected chi connectivity index (χ2v) is 9.55. The summed E-state index contributed by atoms with van der Waals surface area (Å²) in [6, 6.07) is 6.00. The van der Waals surface area contributed by atoms with Crippen LogP contribution in [-0.2, 0) is 16.1 Å². The van der Waals surface area contributed by atoms with E-state index in [4.69, 9.17) is 19.2 Å². The fraction of sp³-hybridized carbons (Fsp3) is 0.524. The summed E-state index contributed by atoms with van der Waals surface area (Å²) in [5.74, 6) is -1.16. The molecule has 12 heteroatoms. The van der Waals surface area contributed by atoms with Gasteiger partial charge in [-0.25, -0.2) is 4.79 Å². The number of carbonyl (C=O) groups is 2. The van der Waals surface area contributed by atoms with Gasteiger partial charge in [0.25, 0.3) is 5.91 Å². The molecule has 1 unspecified atom stereocenters. The first kappa shape index (κ1) is 25.0. The van der Waals surface area contributed by atoms with Crippen LogP contribution in [0, 0.1) is 20.8 Å². The number of alkyl halides is 3. The van der Waals surface area contributed by atoms with Gasteiger partial charge in [0.2, 0.25) is 0 Å². The lowest BCUT2D eigenvalue weighted by molar-refractivity contribution is -0.192. The third kappa shape index (κ3) is 6.05. The number of rotatable bonds is 4. The zero-order valence-electron chi connectivity index (χ0n) is 18.3. The van der Waals surface area contributed by atoms with Gasteiger partial charge in [-0.1, -0.05) is 11.2 Å². The lowest BCUT2D eigenvalue weighted by atomic mass is 9.92. The Morgan fingerprint density at radius 2 is 1.97 bits per heavy atom. The smallest absolute Gasteiger partial charge is 0.475 e. The molecule has 33 heavy (non-hydrogen) atoms. The molecule has 1 atom stereocenters. The number of aromatic nitrogens is 2. The zero-order valence-corrected chi connectivity index (χ0v) is 19.1. The van der Waals surface area contributed by atoms with Crippen molar-refractivity contribution in [3.63, 3.8) is 0 Å². The largest absolute Gasteiger partial charge is 0.490 e. The molecule has 0 bridgehead atoms. The van der Waals surface area contributed by atoms with Gasteiger partial charge in [0, 0.05) is 24.5 Å². The summed E-state index contributed by atoms with van der Waals surface area (Å²) in [5, 5.41) is 11.0. The molecule has 0 aromatic carbocycles. The maximum absolute atomic E-state index is 12.7. The molecule has 2 aromatic rings. The van der Waals surface area contributed by atoms with Crippen molar-refractivity contribution in [2.24, 2.45) is 0 Å². The Balaban J connectivity index is 0.000000383. The zero-order chi connectivity index (χ0) is 24.4. The second-order valence-electron chi connectivity index (χ2n) is 8.06. The quantitative estimate of drug-likeness (QED) is 0.698. The highest BCUT2D eigenvalue weighted by molar-refractivity contribution is 8.01. The molecule has 0 saturated carbocycles. The maximum atomic E-state index is 12.7. The van der Waals surface area contributed by atoms with E-state index in [1.54, 1.807) is 6.92 Å². The van der Waals surface area contributed by atoms with E-state index >= 15 is 0 Å². The number of hydrogen-bond acceptors (Lipinski definition) is 7.